The maximum Gasteiger partial charge on any atom is 0.141 e. The smallest absolute Gasteiger partial charge is 0.141 e. The van der Waals surface area contributed by atoms with Crippen LogP contribution in [0.25, 0.3) is 10.9 Å². The average molecular weight is 342 g/mol. The molecule has 0 fully saturated rings. The maximum atomic E-state index is 6.05. The van der Waals surface area contributed by atoms with Crippen LogP contribution in [0.15, 0.2) is 42.7 Å². The van der Waals surface area contributed by atoms with Crippen LogP contribution in [0, 0.1) is 6.92 Å². The molecule has 0 aliphatic rings. The summed E-state index contributed by atoms with van der Waals surface area (Å²) in [5, 5.41) is 4.91. The van der Waals surface area contributed by atoms with E-state index in [0.717, 1.165) is 46.6 Å². The summed E-state index contributed by atoms with van der Waals surface area (Å²) in [5.41, 5.74) is 2.84. The largest absolute Gasteiger partial charge is 0.493 e. The second kappa shape index (κ2) is 7.49. The van der Waals surface area contributed by atoms with E-state index in [2.05, 4.69) is 22.2 Å². The summed E-state index contributed by atoms with van der Waals surface area (Å²) in [6.45, 7) is 4.90. The fourth-order valence-corrected chi connectivity index (χ4v) is 2.66. The van der Waals surface area contributed by atoms with Crippen molar-refractivity contribution in [1.82, 2.24) is 9.97 Å². The van der Waals surface area contributed by atoms with Gasteiger partial charge in [-0.15, -0.1) is 0 Å². The van der Waals surface area contributed by atoms with Gasteiger partial charge in [-0.1, -0.05) is 31.0 Å². The molecular formula is C19H20ClN3O. The highest BCUT2D eigenvalue weighted by Gasteiger charge is 2.09. The maximum absolute atomic E-state index is 6.05. The molecule has 3 rings (SSSR count). The molecule has 124 valence electrons. The summed E-state index contributed by atoms with van der Waals surface area (Å²) in [6.07, 6.45) is 3.71. The van der Waals surface area contributed by atoms with Gasteiger partial charge < -0.3 is 10.1 Å². The molecule has 0 aliphatic carbocycles. The molecule has 0 radical (unpaired) electrons. The van der Waals surface area contributed by atoms with Gasteiger partial charge in [0.25, 0.3) is 0 Å². The van der Waals surface area contributed by atoms with Crippen LogP contribution in [0.3, 0.4) is 0 Å². The molecule has 0 atom stereocenters. The first-order chi connectivity index (χ1) is 11.7. The third kappa shape index (κ3) is 3.77. The molecule has 24 heavy (non-hydrogen) atoms. The minimum absolute atomic E-state index is 0.679. The Kier molecular flexibility index (Phi) is 5.16. The van der Waals surface area contributed by atoms with Crippen molar-refractivity contribution in [2.24, 2.45) is 0 Å². The number of unbranched alkanes of at least 4 members (excludes halogenated alkanes) is 1. The minimum atomic E-state index is 0.679. The lowest BCUT2D eigenvalue weighted by atomic mass is 10.1. The number of rotatable bonds is 6. The molecule has 0 spiro atoms. The minimum Gasteiger partial charge on any atom is -0.493 e. The van der Waals surface area contributed by atoms with Gasteiger partial charge in [-0.3, -0.25) is 0 Å². The van der Waals surface area contributed by atoms with E-state index in [9.17, 15) is 0 Å². The molecule has 3 aromatic rings. The molecule has 2 aromatic carbocycles. The second-order valence-electron chi connectivity index (χ2n) is 5.69. The van der Waals surface area contributed by atoms with Crippen molar-refractivity contribution < 1.29 is 4.74 Å². The van der Waals surface area contributed by atoms with Gasteiger partial charge >= 0.3 is 0 Å². The SMILES string of the molecule is CCCCOc1cc2c(Nc3cccc(Cl)c3)ncnc2cc1C. The van der Waals surface area contributed by atoms with E-state index in [-0.39, 0.29) is 0 Å². The fourth-order valence-electron chi connectivity index (χ4n) is 2.47. The Bertz CT molecular complexity index is 851. The lowest BCUT2D eigenvalue weighted by Crippen LogP contribution is -2.00. The van der Waals surface area contributed by atoms with Crippen molar-refractivity contribution in [3.05, 3.63) is 53.3 Å². The van der Waals surface area contributed by atoms with E-state index in [4.69, 9.17) is 16.3 Å². The molecular weight excluding hydrogens is 322 g/mol. The summed E-state index contributed by atoms with van der Waals surface area (Å²) < 4.78 is 5.91. The molecule has 1 aromatic heterocycles. The number of nitrogens with zero attached hydrogens (tertiary/aromatic N) is 2. The number of aromatic nitrogens is 2. The Hall–Kier alpha value is -2.33. The lowest BCUT2D eigenvalue weighted by Gasteiger charge is -2.13. The van der Waals surface area contributed by atoms with Crippen molar-refractivity contribution in [3.63, 3.8) is 0 Å². The summed E-state index contributed by atoms with van der Waals surface area (Å²) in [7, 11) is 0. The van der Waals surface area contributed by atoms with Gasteiger partial charge in [0.2, 0.25) is 0 Å². The number of nitrogens with one attached hydrogen (secondary N) is 1. The van der Waals surface area contributed by atoms with Crippen LogP contribution >= 0.6 is 11.6 Å². The van der Waals surface area contributed by atoms with Gasteiger partial charge in [0, 0.05) is 16.1 Å². The van der Waals surface area contributed by atoms with Crippen molar-refractivity contribution in [3.8, 4) is 5.75 Å². The third-order valence-electron chi connectivity index (χ3n) is 3.77. The molecule has 0 saturated carbocycles. The molecule has 0 bridgehead atoms. The van der Waals surface area contributed by atoms with Crippen LogP contribution in [-0.4, -0.2) is 16.6 Å². The molecule has 0 unspecified atom stereocenters. The predicted octanol–water partition coefficient (Wildman–Crippen LogP) is 5.51. The highest BCUT2D eigenvalue weighted by atomic mass is 35.5. The highest BCUT2D eigenvalue weighted by molar-refractivity contribution is 6.30. The average Bonchev–Trinajstić information content (AvgIpc) is 2.56. The number of benzene rings is 2. The van der Waals surface area contributed by atoms with Gasteiger partial charge in [0.05, 0.1) is 12.1 Å². The Morgan fingerprint density at radius 3 is 2.83 bits per heavy atom. The van der Waals surface area contributed by atoms with E-state index in [0.29, 0.717) is 11.6 Å². The fraction of sp³-hybridized carbons (Fsp3) is 0.263. The topological polar surface area (TPSA) is 47.0 Å². The van der Waals surface area contributed by atoms with Crippen LogP contribution < -0.4 is 10.1 Å². The molecule has 1 N–H and O–H groups in total. The van der Waals surface area contributed by atoms with Gasteiger partial charge in [-0.25, -0.2) is 9.97 Å². The Balaban J connectivity index is 1.96. The van der Waals surface area contributed by atoms with Crippen LogP contribution in [0.4, 0.5) is 11.5 Å². The molecule has 4 nitrogen and oxygen atoms in total. The van der Waals surface area contributed by atoms with Gasteiger partial charge in [-0.2, -0.15) is 0 Å². The monoisotopic (exact) mass is 341 g/mol. The lowest BCUT2D eigenvalue weighted by molar-refractivity contribution is 0.308. The number of aryl methyl sites for hydroxylation is 1. The van der Waals surface area contributed by atoms with Crippen LogP contribution in [0.5, 0.6) is 5.75 Å². The zero-order chi connectivity index (χ0) is 16.9. The molecule has 0 aliphatic heterocycles. The predicted molar refractivity (Wildman–Crippen MR) is 99.4 cm³/mol. The standard InChI is InChI=1S/C19H20ClN3O/c1-3-4-8-24-18-11-16-17(9-13(18)2)21-12-22-19(16)23-15-7-5-6-14(20)10-15/h5-7,9-12H,3-4,8H2,1-2H3,(H,21,22,23). The number of hydrogen-bond donors (Lipinski definition) is 1. The van der Waals surface area contributed by atoms with E-state index in [1.807, 2.05) is 43.3 Å². The van der Waals surface area contributed by atoms with E-state index >= 15 is 0 Å². The van der Waals surface area contributed by atoms with Gasteiger partial charge in [0.1, 0.15) is 17.9 Å². The van der Waals surface area contributed by atoms with Crippen molar-refractivity contribution in [2.75, 3.05) is 11.9 Å². The number of hydrogen-bond acceptors (Lipinski definition) is 4. The van der Waals surface area contributed by atoms with E-state index in [1.54, 1.807) is 6.33 Å². The summed E-state index contributed by atoms with van der Waals surface area (Å²) >= 11 is 6.05. The van der Waals surface area contributed by atoms with Gasteiger partial charge in [0.15, 0.2) is 0 Å². The van der Waals surface area contributed by atoms with Crippen molar-refractivity contribution in [2.45, 2.75) is 26.7 Å². The normalized spacial score (nSPS) is 10.8. The Labute approximate surface area is 146 Å². The number of anilines is 2. The zero-order valence-corrected chi connectivity index (χ0v) is 14.6. The first-order valence-corrected chi connectivity index (χ1v) is 8.46. The summed E-state index contributed by atoms with van der Waals surface area (Å²) in [6, 6.07) is 11.6. The van der Waals surface area contributed by atoms with Crippen molar-refractivity contribution >= 4 is 34.0 Å². The first kappa shape index (κ1) is 16.5. The Morgan fingerprint density at radius 2 is 2.04 bits per heavy atom. The quantitative estimate of drug-likeness (QED) is 0.600. The van der Waals surface area contributed by atoms with Crippen LogP contribution in [0.2, 0.25) is 5.02 Å². The number of halogens is 1. The first-order valence-electron chi connectivity index (χ1n) is 8.08. The van der Waals surface area contributed by atoms with Crippen molar-refractivity contribution in [1.29, 1.82) is 0 Å². The summed E-state index contributed by atoms with van der Waals surface area (Å²) in [5.74, 6) is 1.61. The zero-order valence-electron chi connectivity index (χ0n) is 13.8. The highest BCUT2D eigenvalue weighted by Crippen LogP contribution is 2.30. The molecule has 0 saturated heterocycles. The van der Waals surface area contributed by atoms with E-state index in [1.165, 1.54) is 0 Å². The Morgan fingerprint density at radius 1 is 1.17 bits per heavy atom. The third-order valence-corrected chi connectivity index (χ3v) is 4.01. The molecule has 5 heteroatoms. The summed E-state index contributed by atoms with van der Waals surface area (Å²) in [4.78, 5) is 8.74. The second-order valence-corrected chi connectivity index (χ2v) is 6.13. The van der Waals surface area contributed by atoms with Gasteiger partial charge in [-0.05, 0) is 49.2 Å². The number of ether oxygens (including phenoxy) is 1. The van der Waals surface area contributed by atoms with Crippen LogP contribution in [0.1, 0.15) is 25.3 Å². The van der Waals surface area contributed by atoms with Crippen LogP contribution in [-0.2, 0) is 0 Å². The molecule has 1 heterocycles. The number of fused-ring (bicyclic) bond motifs is 1. The van der Waals surface area contributed by atoms with E-state index < -0.39 is 0 Å². The molecule has 0 amide bonds.